The first-order chi connectivity index (χ1) is 12.7. The predicted octanol–water partition coefficient (Wildman–Crippen LogP) is 4.78. The van der Waals surface area contributed by atoms with Crippen molar-refractivity contribution in [3.63, 3.8) is 0 Å². The highest BCUT2D eigenvalue weighted by Crippen LogP contribution is 2.35. The Morgan fingerprint density at radius 2 is 1.96 bits per heavy atom. The minimum Gasteiger partial charge on any atom is -0.331 e. The first-order valence-electron chi connectivity index (χ1n) is 9.53. The molecule has 2 aromatic rings. The van der Waals surface area contributed by atoms with Crippen molar-refractivity contribution in [2.24, 2.45) is 5.92 Å². The summed E-state index contributed by atoms with van der Waals surface area (Å²) < 4.78 is 0. The lowest BCUT2D eigenvalue weighted by molar-refractivity contribution is -0.135. The maximum absolute atomic E-state index is 13.1. The van der Waals surface area contributed by atoms with Gasteiger partial charge in [-0.15, -0.1) is 12.4 Å². The fourth-order valence-corrected chi connectivity index (χ4v) is 4.41. The van der Waals surface area contributed by atoms with E-state index in [-0.39, 0.29) is 24.4 Å². The molecule has 0 saturated carbocycles. The molecule has 2 heterocycles. The Balaban J connectivity index is 0.00000210. The van der Waals surface area contributed by atoms with Crippen molar-refractivity contribution in [2.75, 3.05) is 13.1 Å². The molecule has 144 valence electrons. The average molecular weight is 405 g/mol. The van der Waals surface area contributed by atoms with Crippen LogP contribution in [-0.2, 0) is 17.8 Å². The zero-order chi connectivity index (χ0) is 17.9. The third kappa shape index (κ3) is 4.66. The van der Waals surface area contributed by atoms with Gasteiger partial charge in [-0.1, -0.05) is 48.0 Å². The van der Waals surface area contributed by atoms with Crippen LogP contribution in [0.25, 0.3) is 0 Å². The van der Waals surface area contributed by atoms with Crippen molar-refractivity contribution in [1.82, 2.24) is 10.2 Å². The number of benzene rings is 2. The highest BCUT2D eigenvalue weighted by atomic mass is 35.5. The number of carbonyl (C=O) groups is 1. The zero-order valence-electron chi connectivity index (χ0n) is 15.4. The van der Waals surface area contributed by atoms with E-state index in [4.69, 9.17) is 11.6 Å². The minimum atomic E-state index is 0. The number of halogens is 2. The molecule has 1 fully saturated rings. The molecule has 27 heavy (non-hydrogen) atoms. The Labute approximate surface area is 172 Å². The largest absolute Gasteiger partial charge is 0.331 e. The Bertz CT molecular complexity index is 775. The standard InChI is InChI=1S/C22H25ClN2O.ClH/c23-20-8-7-18-13-21(17-4-2-1-3-5-17)25(15-19(18)12-20)22(26)9-6-16-10-11-24-14-16;/h1-5,7-8,12,16,21,24H,6,9-11,13-15H2;1H. The van der Waals surface area contributed by atoms with Crippen LogP contribution in [0.1, 0.15) is 42.0 Å². The molecule has 2 atom stereocenters. The van der Waals surface area contributed by atoms with Crippen molar-refractivity contribution in [2.45, 2.75) is 38.3 Å². The van der Waals surface area contributed by atoms with Crippen molar-refractivity contribution < 1.29 is 4.79 Å². The molecule has 3 nitrogen and oxygen atoms in total. The predicted molar refractivity (Wildman–Crippen MR) is 112 cm³/mol. The molecular formula is C22H26Cl2N2O. The van der Waals surface area contributed by atoms with Gasteiger partial charge in [-0.3, -0.25) is 4.79 Å². The normalized spacial score (nSPS) is 21.4. The second kappa shape index (κ2) is 9.09. The topological polar surface area (TPSA) is 32.3 Å². The van der Waals surface area contributed by atoms with Crippen LogP contribution in [0.4, 0.5) is 0 Å². The van der Waals surface area contributed by atoms with Crippen LogP contribution in [-0.4, -0.2) is 23.9 Å². The van der Waals surface area contributed by atoms with Crippen LogP contribution < -0.4 is 5.32 Å². The van der Waals surface area contributed by atoms with Crippen LogP contribution in [0, 0.1) is 5.92 Å². The second-order valence-corrected chi connectivity index (χ2v) is 7.90. The van der Waals surface area contributed by atoms with Gasteiger partial charge < -0.3 is 10.2 Å². The summed E-state index contributed by atoms with van der Waals surface area (Å²) in [6.45, 7) is 2.78. The second-order valence-electron chi connectivity index (χ2n) is 7.46. The summed E-state index contributed by atoms with van der Waals surface area (Å²) in [5.41, 5.74) is 3.69. The summed E-state index contributed by atoms with van der Waals surface area (Å²) in [5, 5.41) is 4.13. The fraction of sp³-hybridized carbons (Fsp3) is 0.409. The summed E-state index contributed by atoms with van der Waals surface area (Å²) >= 11 is 6.19. The van der Waals surface area contributed by atoms with Gasteiger partial charge in [-0.25, -0.2) is 0 Å². The quantitative estimate of drug-likeness (QED) is 0.794. The van der Waals surface area contributed by atoms with E-state index in [0.717, 1.165) is 31.0 Å². The average Bonchev–Trinajstić information content (AvgIpc) is 3.19. The molecule has 2 unspecified atom stereocenters. The van der Waals surface area contributed by atoms with E-state index in [1.54, 1.807) is 0 Å². The van der Waals surface area contributed by atoms with Gasteiger partial charge in [0.25, 0.3) is 0 Å². The minimum absolute atomic E-state index is 0. The molecule has 1 N–H and O–H groups in total. The van der Waals surface area contributed by atoms with E-state index >= 15 is 0 Å². The summed E-state index contributed by atoms with van der Waals surface area (Å²) in [6.07, 6.45) is 3.65. The summed E-state index contributed by atoms with van der Waals surface area (Å²) in [4.78, 5) is 15.2. The number of nitrogens with one attached hydrogen (secondary N) is 1. The molecule has 0 bridgehead atoms. The van der Waals surface area contributed by atoms with E-state index in [1.165, 1.54) is 23.1 Å². The van der Waals surface area contributed by atoms with Crippen LogP contribution >= 0.6 is 24.0 Å². The first-order valence-corrected chi connectivity index (χ1v) is 9.91. The van der Waals surface area contributed by atoms with Crippen LogP contribution in [0.3, 0.4) is 0 Å². The zero-order valence-corrected chi connectivity index (χ0v) is 16.9. The fourth-order valence-electron chi connectivity index (χ4n) is 4.22. The smallest absolute Gasteiger partial charge is 0.223 e. The van der Waals surface area contributed by atoms with Gasteiger partial charge in [-0.2, -0.15) is 0 Å². The Kier molecular flexibility index (Phi) is 6.80. The number of hydrogen-bond acceptors (Lipinski definition) is 2. The number of rotatable bonds is 4. The van der Waals surface area contributed by atoms with E-state index in [9.17, 15) is 4.79 Å². The molecule has 4 rings (SSSR count). The molecule has 2 aromatic carbocycles. The van der Waals surface area contributed by atoms with Crippen molar-refractivity contribution in [1.29, 1.82) is 0 Å². The lowest BCUT2D eigenvalue weighted by Crippen LogP contribution is -2.39. The number of hydrogen-bond donors (Lipinski definition) is 1. The Morgan fingerprint density at radius 3 is 2.70 bits per heavy atom. The third-order valence-electron chi connectivity index (χ3n) is 5.73. The molecular weight excluding hydrogens is 379 g/mol. The monoisotopic (exact) mass is 404 g/mol. The van der Waals surface area contributed by atoms with Gasteiger partial charge in [-0.05, 0) is 67.1 Å². The van der Waals surface area contributed by atoms with Crippen LogP contribution in [0.5, 0.6) is 0 Å². The lowest BCUT2D eigenvalue weighted by Gasteiger charge is -2.37. The molecule has 2 aliphatic heterocycles. The van der Waals surface area contributed by atoms with Gasteiger partial charge in [0.1, 0.15) is 0 Å². The maximum Gasteiger partial charge on any atom is 0.223 e. The van der Waals surface area contributed by atoms with Gasteiger partial charge in [0.05, 0.1) is 6.04 Å². The number of amides is 1. The third-order valence-corrected chi connectivity index (χ3v) is 5.97. The molecule has 0 spiro atoms. The Morgan fingerprint density at radius 1 is 1.15 bits per heavy atom. The van der Waals surface area contributed by atoms with Gasteiger partial charge in [0, 0.05) is 18.0 Å². The van der Waals surface area contributed by atoms with Gasteiger partial charge in [0.2, 0.25) is 5.91 Å². The highest BCUT2D eigenvalue weighted by Gasteiger charge is 2.31. The van der Waals surface area contributed by atoms with Gasteiger partial charge in [0.15, 0.2) is 0 Å². The van der Waals surface area contributed by atoms with Crippen molar-refractivity contribution in [3.05, 3.63) is 70.2 Å². The van der Waals surface area contributed by atoms with Crippen molar-refractivity contribution in [3.8, 4) is 0 Å². The van der Waals surface area contributed by atoms with E-state index in [0.29, 0.717) is 18.9 Å². The molecule has 0 radical (unpaired) electrons. The first kappa shape index (κ1) is 20.2. The number of nitrogens with zero attached hydrogens (tertiary/aromatic N) is 1. The Hall–Kier alpha value is -1.55. The van der Waals surface area contributed by atoms with E-state index in [2.05, 4.69) is 40.5 Å². The number of fused-ring (bicyclic) bond motifs is 1. The van der Waals surface area contributed by atoms with Crippen molar-refractivity contribution >= 4 is 29.9 Å². The molecule has 2 aliphatic rings. The molecule has 0 aromatic heterocycles. The maximum atomic E-state index is 13.1. The summed E-state index contributed by atoms with van der Waals surface area (Å²) in [5.74, 6) is 0.900. The SMILES string of the molecule is Cl.O=C(CCC1CCNC1)N1Cc2cc(Cl)ccc2CC1c1ccccc1. The summed E-state index contributed by atoms with van der Waals surface area (Å²) in [6, 6.07) is 16.6. The summed E-state index contributed by atoms with van der Waals surface area (Å²) in [7, 11) is 0. The van der Waals surface area contributed by atoms with E-state index < -0.39 is 0 Å². The molecule has 5 heteroatoms. The molecule has 0 aliphatic carbocycles. The number of carbonyl (C=O) groups excluding carboxylic acids is 1. The van der Waals surface area contributed by atoms with Gasteiger partial charge >= 0.3 is 0 Å². The van der Waals surface area contributed by atoms with Crippen LogP contribution in [0.2, 0.25) is 5.02 Å². The lowest BCUT2D eigenvalue weighted by atomic mass is 9.89. The van der Waals surface area contributed by atoms with E-state index in [1.807, 2.05) is 18.2 Å². The van der Waals surface area contributed by atoms with Crippen LogP contribution in [0.15, 0.2) is 48.5 Å². The molecule has 1 amide bonds. The highest BCUT2D eigenvalue weighted by molar-refractivity contribution is 6.30. The molecule has 1 saturated heterocycles.